The van der Waals surface area contributed by atoms with Crippen molar-refractivity contribution in [3.8, 4) is 0 Å². The predicted molar refractivity (Wildman–Crippen MR) is 94.9 cm³/mol. The van der Waals surface area contributed by atoms with Crippen molar-refractivity contribution in [1.82, 2.24) is 0 Å². The minimum atomic E-state index is -1.20. The van der Waals surface area contributed by atoms with E-state index in [0.29, 0.717) is 6.42 Å². The largest absolute Gasteiger partial charge is 0.454 e. The SMILES string of the molecule is CC(C)CC(=O)OC1C(=O)C2(C)OC2CC1C1(C(=O)C=CC(C)(C)O)CO1. The molecule has 1 saturated carbocycles. The van der Waals surface area contributed by atoms with Crippen LogP contribution < -0.4 is 0 Å². The Morgan fingerprint density at radius 2 is 2.04 bits per heavy atom. The van der Waals surface area contributed by atoms with E-state index >= 15 is 0 Å². The van der Waals surface area contributed by atoms with Gasteiger partial charge in [-0.25, -0.2) is 0 Å². The van der Waals surface area contributed by atoms with Crippen LogP contribution in [-0.4, -0.2) is 58.3 Å². The number of hydrogen-bond donors (Lipinski definition) is 1. The van der Waals surface area contributed by atoms with Gasteiger partial charge in [0.1, 0.15) is 0 Å². The Balaban J connectivity index is 1.83. The summed E-state index contributed by atoms with van der Waals surface area (Å²) in [4.78, 5) is 37.9. The van der Waals surface area contributed by atoms with Crippen molar-refractivity contribution in [1.29, 1.82) is 0 Å². The first kappa shape index (κ1) is 20.2. The number of ether oxygens (including phenoxy) is 3. The van der Waals surface area contributed by atoms with Gasteiger partial charge in [0, 0.05) is 12.3 Å². The number of hydrogen-bond acceptors (Lipinski definition) is 7. The highest BCUT2D eigenvalue weighted by Crippen LogP contribution is 2.54. The number of Topliss-reactive ketones (excluding diaryl/α,β-unsaturated/α-hetero) is 1. The van der Waals surface area contributed by atoms with Crippen LogP contribution in [0.5, 0.6) is 0 Å². The molecule has 27 heavy (non-hydrogen) atoms. The lowest BCUT2D eigenvalue weighted by atomic mass is 9.72. The number of aliphatic hydroxyl groups is 1. The standard InChI is InChI=1S/C20H28O7/c1-11(2)8-15(22)26-16-12(9-14-19(5,27-14)17(16)23)20(10-25-20)13(21)6-7-18(3,4)24/h6-7,11-12,14,16,24H,8-10H2,1-5H3. The van der Waals surface area contributed by atoms with Crippen LogP contribution in [0.25, 0.3) is 0 Å². The van der Waals surface area contributed by atoms with Crippen LogP contribution in [0, 0.1) is 11.8 Å². The molecule has 2 aliphatic heterocycles. The Morgan fingerprint density at radius 1 is 1.41 bits per heavy atom. The van der Waals surface area contributed by atoms with Crippen molar-refractivity contribution in [2.75, 3.05) is 6.61 Å². The lowest BCUT2D eigenvalue weighted by Gasteiger charge is -2.33. The van der Waals surface area contributed by atoms with Crippen molar-refractivity contribution in [2.24, 2.45) is 11.8 Å². The second-order valence-electron chi connectivity index (χ2n) is 8.96. The van der Waals surface area contributed by atoms with Gasteiger partial charge in [-0.2, -0.15) is 0 Å². The van der Waals surface area contributed by atoms with E-state index < -0.39 is 34.8 Å². The lowest BCUT2D eigenvalue weighted by Crippen LogP contribution is -2.53. The first-order valence-corrected chi connectivity index (χ1v) is 9.41. The zero-order valence-corrected chi connectivity index (χ0v) is 16.5. The summed E-state index contributed by atoms with van der Waals surface area (Å²) < 4.78 is 16.6. The van der Waals surface area contributed by atoms with Gasteiger partial charge in [0.2, 0.25) is 5.78 Å². The fraction of sp³-hybridized carbons (Fsp3) is 0.750. The summed E-state index contributed by atoms with van der Waals surface area (Å²) in [5.41, 5.74) is -3.29. The van der Waals surface area contributed by atoms with Crippen molar-refractivity contribution >= 4 is 17.5 Å². The first-order chi connectivity index (χ1) is 12.4. The fourth-order valence-electron chi connectivity index (χ4n) is 3.70. The van der Waals surface area contributed by atoms with Crippen LogP contribution in [0.1, 0.15) is 47.5 Å². The number of ketones is 2. The molecule has 2 saturated heterocycles. The molecule has 3 fully saturated rings. The zero-order valence-electron chi connectivity index (χ0n) is 16.5. The number of rotatable bonds is 7. The van der Waals surface area contributed by atoms with E-state index in [2.05, 4.69) is 0 Å². The molecule has 0 aromatic heterocycles. The van der Waals surface area contributed by atoms with Gasteiger partial charge >= 0.3 is 5.97 Å². The van der Waals surface area contributed by atoms with Gasteiger partial charge in [0.05, 0.1) is 18.3 Å². The van der Waals surface area contributed by atoms with E-state index in [-0.39, 0.29) is 36.6 Å². The monoisotopic (exact) mass is 380 g/mol. The van der Waals surface area contributed by atoms with Crippen LogP contribution in [-0.2, 0) is 28.6 Å². The van der Waals surface area contributed by atoms with Crippen molar-refractivity contribution in [2.45, 2.75) is 76.5 Å². The first-order valence-electron chi connectivity index (χ1n) is 9.41. The molecule has 3 aliphatic rings. The van der Waals surface area contributed by atoms with Crippen LogP contribution in [0.15, 0.2) is 12.2 Å². The van der Waals surface area contributed by atoms with E-state index in [1.54, 1.807) is 20.8 Å². The maximum Gasteiger partial charge on any atom is 0.306 e. The second-order valence-corrected chi connectivity index (χ2v) is 8.96. The van der Waals surface area contributed by atoms with Gasteiger partial charge in [-0.1, -0.05) is 19.9 Å². The average molecular weight is 380 g/mol. The van der Waals surface area contributed by atoms with E-state index in [4.69, 9.17) is 14.2 Å². The third-order valence-corrected chi connectivity index (χ3v) is 5.47. The van der Waals surface area contributed by atoms with Crippen LogP contribution in [0.3, 0.4) is 0 Å². The minimum Gasteiger partial charge on any atom is -0.454 e. The van der Waals surface area contributed by atoms with E-state index in [1.165, 1.54) is 12.2 Å². The maximum atomic E-state index is 12.9. The summed E-state index contributed by atoms with van der Waals surface area (Å²) in [5, 5.41) is 9.82. The molecule has 7 nitrogen and oxygen atoms in total. The van der Waals surface area contributed by atoms with Gasteiger partial charge in [-0.3, -0.25) is 14.4 Å². The Labute approximate surface area is 159 Å². The molecule has 0 amide bonds. The highest BCUT2D eigenvalue weighted by molar-refractivity contribution is 6.02. The Hall–Kier alpha value is -1.57. The third-order valence-electron chi connectivity index (χ3n) is 5.47. The quantitative estimate of drug-likeness (QED) is 0.404. The van der Waals surface area contributed by atoms with E-state index in [9.17, 15) is 19.5 Å². The number of epoxide rings is 2. The highest BCUT2D eigenvalue weighted by Gasteiger charge is 2.72. The topological polar surface area (TPSA) is 106 Å². The summed E-state index contributed by atoms with van der Waals surface area (Å²) >= 11 is 0. The number of carbonyl (C=O) groups excluding carboxylic acids is 3. The van der Waals surface area contributed by atoms with E-state index in [0.717, 1.165) is 0 Å². The van der Waals surface area contributed by atoms with Crippen molar-refractivity contribution in [3.63, 3.8) is 0 Å². The number of esters is 1. The van der Waals surface area contributed by atoms with Gasteiger partial charge in [-0.15, -0.1) is 0 Å². The molecule has 0 radical (unpaired) electrons. The molecule has 7 heteroatoms. The normalized spacial score (nSPS) is 38.0. The summed E-state index contributed by atoms with van der Waals surface area (Å²) in [6, 6.07) is 0. The predicted octanol–water partition coefficient (Wildman–Crippen LogP) is 1.36. The van der Waals surface area contributed by atoms with Crippen LogP contribution in [0.2, 0.25) is 0 Å². The Kier molecular flexibility index (Phi) is 4.85. The molecule has 1 aliphatic carbocycles. The molecule has 2 heterocycles. The van der Waals surface area contributed by atoms with Gasteiger partial charge in [0.15, 0.2) is 23.1 Å². The van der Waals surface area contributed by atoms with Crippen molar-refractivity contribution < 1.29 is 33.7 Å². The summed E-state index contributed by atoms with van der Waals surface area (Å²) in [6.45, 7) is 8.73. The molecule has 150 valence electrons. The van der Waals surface area contributed by atoms with Gasteiger partial charge in [-0.05, 0) is 39.2 Å². The lowest BCUT2D eigenvalue weighted by molar-refractivity contribution is -0.164. The van der Waals surface area contributed by atoms with Crippen LogP contribution in [0.4, 0.5) is 0 Å². The summed E-state index contributed by atoms with van der Waals surface area (Å²) in [6.07, 6.45) is 1.92. The van der Waals surface area contributed by atoms with Gasteiger partial charge < -0.3 is 19.3 Å². The molecule has 5 atom stereocenters. The van der Waals surface area contributed by atoms with Crippen molar-refractivity contribution in [3.05, 3.63) is 12.2 Å². The summed E-state index contributed by atoms with van der Waals surface area (Å²) in [7, 11) is 0. The molecule has 0 spiro atoms. The summed E-state index contributed by atoms with van der Waals surface area (Å²) in [5.74, 6) is -1.61. The Bertz CT molecular complexity index is 683. The molecular weight excluding hydrogens is 352 g/mol. The molecule has 3 rings (SSSR count). The smallest absolute Gasteiger partial charge is 0.306 e. The number of carbonyl (C=O) groups is 3. The highest BCUT2D eigenvalue weighted by atomic mass is 16.6. The van der Waals surface area contributed by atoms with E-state index in [1.807, 2.05) is 13.8 Å². The molecule has 5 unspecified atom stereocenters. The zero-order chi connectivity index (χ0) is 20.2. The molecule has 0 aromatic carbocycles. The maximum absolute atomic E-state index is 12.9. The molecular formula is C20H28O7. The third kappa shape index (κ3) is 3.86. The number of fused-ring (bicyclic) bond motifs is 1. The fourth-order valence-corrected chi connectivity index (χ4v) is 3.70. The second kappa shape index (κ2) is 6.50. The Morgan fingerprint density at radius 3 is 2.56 bits per heavy atom. The van der Waals surface area contributed by atoms with Gasteiger partial charge in [0.25, 0.3) is 0 Å². The molecule has 0 bridgehead atoms. The van der Waals surface area contributed by atoms with Crippen LogP contribution >= 0.6 is 0 Å². The average Bonchev–Trinajstić information content (AvgIpc) is 3.42. The molecule has 1 N–H and O–H groups in total. The molecule has 0 aromatic rings. The minimum absolute atomic E-state index is 0.0950.